The first-order valence-corrected chi connectivity index (χ1v) is 9.66. The minimum atomic E-state index is 0.871. The standard InChI is InChI=1S/C19H29N7/c1-15-12-17(22-23(15)3)14-24-8-10-26(11-9-24)19-13-18(20-16(2)21-19)25-6-4-5-7-25/h12-13H,4-11,14H2,1-3H3. The highest BCUT2D eigenvalue weighted by Gasteiger charge is 2.21. The largest absolute Gasteiger partial charge is 0.356 e. The van der Waals surface area contributed by atoms with Gasteiger partial charge in [-0.15, -0.1) is 0 Å². The Morgan fingerprint density at radius 3 is 2.04 bits per heavy atom. The van der Waals surface area contributed by atoms with Crippen LogP contribution < -0.4 is 9.80 Å². The number of nitrogens with zero attached hydrogens (tertiary/aromatic N) is 7. The second kappa shape index (κ2) is 7.23. The van der Waals surface area contributed by atoms with E-state index in [0.29, 0.717) is 0 Å². The zero-order valence-corrected chi connectivity index (χ0v) is 16.1. The van der Waals surface area contributed by atoms with Crippen LogP contribution in [0.4, 0.5) is 11.6 Å². The summed E-state index contributed by atoms with van der Waals surface area (Å²) in [6.07, 6.45) is 2.54. The molecule has 0 radical (unpaired) electrons. The van der Waals surface area contributed by atoms with Crippen LogP contribution in [0, 0.1) is 13.8 Å². The molecular formula is C19H29N7. The number of aromatic nitrogens is 4. The van der Waals surface area contributed by atoms with E-state index >= 15 is 0 Å². The lowest BCUT2D eigenvalue weighted by atomic mass is 10.2. The first kappa shape index (κ1) is 17.3. The van der Waals surface area contributed by atoms with Crippen molar-refractivity contribution < 1.29 is 0 Å². The van der Waals surface area contributed by atoms with Gasteiger partial charge >= 0.3 is 0 Å². The lowest BCUT2D eigenvalue weighted by Crippen LogP contribution is -2.46. The summed E-state index contributed by atoms with van der Waals surface area (Å²) in [5.41, 5.74) is 2.37. The molecule has 2 aliphatic rings. The van der Waals surface area contributed by atoms with Gasteiger partial charge in [0.15, 0.2) is 0 Å². The molecule has 4 heterocycles. The number of anilines is 2. The molecule has 0 amide bonds. The van der Waals surface area contributed by atoms with Crippen molar-refractivity contribution in [3.05, 3.63) is 29.3 Å². The normalized spacial score (nSPS) is 18.7. The molecule has 0 aromatic carbocycles. The Morgan fingerprint density at radius 2 is 1.46 bits per heavy atom. The van der Waals surface area contributed by atoms with Crippen molar-refractivity contribution in [3.8, 4) is 0 Å². The average molecular weight is 355 g/mol. The van der Waals surface area contributed by atoms with E-state index < -0.39 is 0 Å². The van der Waals surface area contributed by atoms with Crippen molar-refractivity contribution in [2.75, 3.05) is 49.1 Å². The Kier molecular flexibility index (Phi) is 4.80. The zero-order valence-electron chi connectivity index (χ0n) is 16.1. The number of piperazine rings is 1. The molecule has 7 nitrogen and oxygen atoms in total. The van der Waals surface area contributed by atoms with Crippen molar-refractivity contribution in [1.82, 2.24) is 24.6 Å². The highest BCUT2D eigenvalue weighted by molar-refractivity contribution is 5.51. The van der Waals surface area contributed by atoms with Crippen LogP contribution >= 0.6 is 0 Å². The molecule has 0 spiro atoms. The predicted molar refractivity (Wildman–Crippen MR) is 104 cm³/mol. The molecule has 7 heteroatoms. The van der Waals surface area contributed by atoms with Gasteiger partial charge in [-0.3, -0.25) is 9.58 Å². The van der Waals surface area contributed by atoms with Gasteiger partial charge in [-0.1, -0.05) is 0 Å². The molecule has 2 aromatic rings. The van der Waals surface area contributed by atoms with Gasteiger partial charge in [-0.2, -0.15) is 5.10 Å². The quantitative estimate of drug-likeness (QED) is 0.833. The minimum absolute atomic E-state index is 0.871. The van der Waals surface area contributed by atoms with Crippen LogP contribution in [0.15, 0.2) is 12.1 Å². The molecular weight excluding hydrogens is 326 g/mol. The highest BCUT2D eigenvalue weighted by atomic mass is 15.3. The summed E-state index contributed by atoms with van der Waals surface area (Å²) >= 11 is 0. The molecule has 140 valence electrons. The van der Waals surface area contributed by atoms with Crippen molar-refractivity contribution in [2.24, 2.45) is 7.05 Å². The summed E-state index contributed by atoms with van der Waals surface area (Å²) < 4.78 is 1.95. The van der Waals surface area contributed by atoms with E-state index in [0.717, 1.165) is 69.0 Å². The van der Waals surface area contributed by atoms with Gasteiger partial charge in [0.2, 0.25) is 0 Å². The second-order valence-corrected chi connectivity index (χ2v) is 7.49. The Hall–Kier alpha value is -2.15. The molecule has 4 rings (SSSR count). The first-order chi connectivity index (χ1) is 12.6. The molecule has 2 aromatic heterocycles. The lowest BCUT2D eigenvalue weighted by molar-refractivity contribution is 0.246. The van der Waals surface area contributed by atoms with Crippen LogP contribution in [0.1, 0.15) is 30.1 Å². The molecule has 0 aliphatic carbocycles. The third kappa shape index (κ3) is 3.67. The van der Waals surface area contributed by atoms with Gasteiger partial charge in [0.1, 0.15) is 17.5 Å². The maximum absolute atomic E-state index is 4.71. The topological polar surface area (TPSA) is 53.3 Å². The summed E-state index contributed by atoms with van der Waals surface area (Å²) in [4.78, 5) is 16.6. The van der Waals surface area contributed by atoms with E-state index in [1.807, 2.05) is 18.7 Å². The Balaban J connectivity index is 1.39. The highest BCUT2D eigenvalue weighted by Crippen LogP contribution is 2.23. The van der Waals surface area contributed by atoms with Crippen LogP contribution in [-0.2, 0) is 13.6 Å². The van der Waals surface area contributed by atoms with Gasteiger partial charge in [0, 0.05) is 64.6 Å². The molecule has 0 saturated carbocycles. The van der Waals surface area contributed by atoms with Crippen LogP contribution in [-0.4, -0.2) is 63.9 Å². The van der Waals surface area contributed by atoms with E-state index in [-0.39, 0.29) is 0 Å². The first-order valence-electron chi connectivity index (χ1n) is 9.66. The monoisotopic (exact) mass is 355 g/mol. The van der Waals surface area contributed by atoms with Crippen molar-refractivity contribution in [3.63, 3.8) is 0 Å². The average Bonchev–Trinajstić information content (AvgIpc) is 3.26. The van der Waals surface area contributed by atoms with Gasteiger partial charge in [-0.25, -0.2) is 9.97 Å². The van der Waals surface area contributed by atoms with Gasteiger partial charge < -0.3 is 9.80 Å². The van der Waals surface area contributed by atoms with E-state index in [9.17, 15) is 0 Å². The minimum Gasteiger partial charge on any atom is -0.356 e. The number of hydrogen-bond acceptors (Lipinski definition) is 6. The van der Waals surface area contributed by atoms with Gasteiger partial charge in [0.05, 0.1) is 5.69 Å². The summed E-state index contributed by atoms with van der Waals surface area (Å²) in [5.74, 6) is 3.04. The smallest absolute Gasteiger partial charge is 0.134 e. The fraction of sp³-hybridized carbons (Fsp3) is 0.632. The van der Waals surface area contributed by atoms with Crippen LogP contribution in [0.25, 0.3) is 0 Å². The molecule has 0 bridgehead atoms. The molecule has 0 unspecified atom stereocenters. The summed E-state index contributed by atoms with van der Waals surface area (Å²) in [5, 5.41) is 4.58. The van der Waals surface area contributed by atoms with Gasteiger partial charge in [-0.05, 0) is 32.8 Å². The van der Waals surface area contributed by atoms with Crippen LogP contribution in [0.5, 0.6) is 0 Å². The van der Waals surface area contributed by atoms with Crippen LogP contribution in [0.2, 0.25) is 0 Å². The maximum Gasteiger partial charge on any atom is 0.134 e. The second-order valence-electron chi connectivity index (χ2n) is 7.49. The van der Waals surface area contributed by atoms with Gasteiger partial charge in [0.25, 0.3) is 0 Å². The van der Waals surface area contributed by atoms with E-state index in [2.05, 4.69) is 43.8 Å². The van der Waals surface area contributed by atoms with Crippen molar-refractivity contribution in [1.29, 1.82) is 0 Å². The number of hydrogen-bond donors (Lipinski definition) is 0. The number of rotatable bonds is 4. The van der Waals surface area contributed by atoms with E-state index in [1.54, 1.807) is 0 Å². The summed E-state index contributed by atoms with van der Waals surface area (Å²) in [6, 6.07) is 4.36. The maximum atomic E-state index is 4.71. The SMILES string of the molecule is Cc1nc(N2CCCC2)cc(N2CCN(Cc3cc(C)n(C)n3)CC2)n1. The summed E-state index contributed by atoms with van der Waals surface area (Å²) in [6.45, 7) is 11.4. The molecule has 2 fully saturated rings. The third-order valence-electron chi connectivity index (χ3n) is 5.49. The molecule has 0 atom stereocenters. The van der Waals surface area contributed by atoms with Crippen LogP contribution in [0.3, 0.4) is 0 Å². The summed E-state index contributed by atoms with van der Waals surface area (Å²) in [7, 11) is 2.01. The lowest BCUT2D eigenvalue weighted by Gasteiger charge is -2.35. The Bertz CT molecular complexity index is 736. The Labute approximate surface area is 155 Å². The third-order valence-corrected chi connectivity index (χ3v) is 5.49. The number of aryl methyl sites for hydroxylation is 3. The van der Waals surface area contributed by atoms with Crippen molar-refractivity contribution in [2.45, 2.75) is 33.2 Å². The Morgan fingerprint density at radius 1 is 0.846 bits per heavy atom. The zero-order chi connectivity index (χ0) is 18.1. The van der Waals surface area contributed by atoms with E-state index in [1.165, 1.54) is 18.5 Å². The molecule has 2 aliphatic heterocycles. The van der Waals surface area contributed by atoms with Crippen molar-refractivity contribution >= 4 is 11.6 Å². The molecule has 26 heavy (non-hydrogen) atoms. The molecule has 2 saturated heterocycles. The fourth-order valence-corrected chi connectivity index (χ4v) is 3.88. The van der Waals surface area contributed by atoms with E-state index in [4.69, 9.17) is 4.98 Å². The predicted octanol–water partition coefficient (Wildman–Crippen LogP) is 1.75. The fourth-order valence-electron chi connectivity index (χ4n) is 3.88. The molecule has 0 N–H and O–H groups in total.